The van der Waals surface area contributed by atoms with Crippen LogP contribution < -0.4 is 51.4 Å². The van der Waals surface area contributed by atoms with Gasteiger partial charge in [0.2, 0.25) is 0 Å². The molecule has 0 aromatic rings. The van der Waals surface area contributed by atoms with Crippen LogP contribution in [0, 0.1) is 0 Å². The number of hydrogen-bond acceptors (Lipinski definition) is 3. The Morgan fingerprint density at radius 2 is 0.818 bits per heavy atom. The van der Waals surface area contributed by atoms with Gasteiger partial charge in [0.05, 0.1) is 0 Å². The molecule has 0 radical (unpaired) electrons. The molecule has 0 aliphatic rings. The van der Waals surface area contributed by atoms with E-state index in [1.165, 1.54) is 0 Å². The minimum absolute atomic E-state index is 0. The van der Waals surface area contributed by atoms with Crippen molar-refractivity contribution < 1.29 is 115 Å². The zero-order chi connectivity index (χ0) is 6.00. The van der Waals surface area contributed by atoms with Gasteiger partial charge in [0.15, 0.2) is 0 Å². The molecule has 72 valence electrons. The van der Waals surface area contributed by atoms with Gasteiger partial charge in [0.25, 0.3) is 0 Å². The quantitative estimate of drug-likeness (QED) is 0.367. The summed E-state index contributed by atoms with van der Waals surface area (Å²) in [5.41, 5.74) is 0. The average Bonchev–Trinajstić information content (AvgIpc) is 1.81. The molecule has 0 saturated heterocycles. The third-order valence-electron chi connectivity index (χ3n) is 0. The Hall–Kier alpha value is 1.65. The Labute approximate surface area is 113 Å². The molecule has 0 atom stereocenters. The van der Waals surface area contributed by atoms with E-state index in [1.807, 2.05) is 0 Å². The van der Waals surface area contributed by atoms with Crippen LogP contribution in [0.4, 0.5) is 27.9 Å². The van der Waals surface area contributed by atoms with Gasteiger partial charge in [-0.15, -0.1) is 0 Å². The molecular weight excluding hydrogens is 249 g/mol. The molecule has 0 rings (SSSR count). The summed E-state index contributed by atoms with van der Waals surface area (Å²) in [6.07, 6.45) is 0. The predicted octanol–water partition coefficient (Wildman–Crippen LogP) is -2.67. The first-order valence-electron chi connectivity index (χ1n) is 0.542. The fourth-order valence-electron chi connectivity index (χ4n) is 0. The molecule has 3 nitrogen and oxygen atoms in total. The standard InChI is InChI=1S/2FHO.4FH.K.O.Ti.H/c2*1-2;;;;;;;;/h2*2H;4*1H;;;;/q;;;;;;+1;;;-1. The molecule has 0 aromatic carbocycles. The van der Waals surface area contributed by atoms with E-state index in [0.29, 0.717) is 0 Å². The summed E-state index contributed by atoms with van der Waals surface area (Å²) in [4.78, 5) is 0. The van der Waals surface area contributed by atoms with E-state index in [0.717, 1.165) is 20.4 Å². The van der Waals surface area contributed by atoms with Crippen LogP contribution in [0.2, 0.25) is 0 Å². The molecular formula is H7F6KO3Ti. The van der Waals surface area contributed by atoms with Gasteiger partial charge in [-0.3, -0.25) is 18.8 Å². The zero-order valence-electron chi connectivity index (χ0n) is 6.19. The molecule has 0 bridgehead atoms. The molecule has 11 heavy (non-hydrogen) atoms. The van der Waals surface area contributed by atoms with Crippen LogP contribution in [-0.4, -0.2) is 10.6 Å². The SMILES string of the molecule is F.F.F.F.OF.OF.[H-].[K+].[O]=[Ti]. The van der Waals surface area contributed by atoms with Gasteiger partial charge >= 0.3 is 75.1 Å². The first-order chi connectivity index (χ1) is 3.00. The minimum atomic E-state index is 0. The van der Waals surface area contributed by atoms with Crippen LogP contribution in [-0.2, 0) is 23.7 Å². The van der Waals surface area contributed by atoms with Crippen LogP contribution in [0.25, 0.3) is 0 Å². The van der Waals surface area contributed by atoms with Crippen molar-refractivity contribution in [3.63, 3.8) is 0 Å². The van der Waals surface area contributed by atoms with Crippen LogP contribution in [0.1, 0.15) is 1.43 Å². The van der Waals surface area contributed by atoms with E-state index in [9.17, 15) is 0 Å². The second-order valence-electron chi connectivity index (χ2n) is 0. The van der Waals surface area contributed by atoms with Crippen molar-refractivity contribution in [2.75, 3.05) is 0 Å². The Morgan fingerprint density at radius 1 is 0.818 bits per heavy atom. The summed E-state index contributed by atoms with van der Waals surface area (Å²) in [5, 5.41) is 11.0. The van der Waals surface area contributed by atoms with Crippen molar-refractivity contribution in [2.24, 2.45) is 0 Å². The van der Waals surface area contributed by atoms with Crippen molar-refractivity contribution >= 4 is 0 Å². The Morgan fingerprint density at radius 3 is 0.818 bits per heavy atom. The molecule has 0 spiro atoms. The molecule has 0 aliphatic carbocycles. The van der Waals surface area contributed by atoms with Crippen molar-refractivity contribution in [3.8, 4) is 0 Å². The van der Waals surface area contributed by atoms with Crippen molar-refractivity contribution in [1.82, 2.24) is 0 Å². The van der Waals surface area contributed by atoms with Gasteiger partial charge in [0, 0.05) is 0 Å². The molecule has 0 aromatic heterocycles. The second-order valence-corrected chi connectivity index (χ2v) is 0. The topological polar surface area (TPSA) is 57.5 Å². The van der Waals surface area contributed by atoms with E-state index in [4.69, 9.17) is 23.0 Å². The monoisotopic (exact) mass is 256 g/mol. The van der Waals surface area contributed by atoms with E-state index in [-0.39, 0.29) is 71.6 Å². The van der Waals surface area contributed by atoms with E-state index >= 15 is 0 Å². The molecule has 0 saturated carbocycles. The van der Waals surface area contributed by atoms with Gasteiger partial charge in [-0.2, -0.15) is 0 Å². The van der Waals surface area contributed by atoms with Gasteiger partial charge in [-0.1, -0.05) is 9.05 Å². The predicted molar refractivity (Wildman–Crippen MR) is 18.5 cm³/mol. The van der Waals surface area contributed by atoms with E-state index in [2.05, 4.69) is 0 Å². The molecule has 0 amide bonds. The molecule has 0 heterocycles. The number of hydrogen-bond donors (Lipinski definition) is 2. The van der Waals surface area contributed by atoms with Crippen molar-refractivity contribution in [3.05, 3.63) is 0 Å². The Balaban J connectivity index is -0.00000000129. The van der Waals surface area contributed by atoms with Crippen LogP contribution >= 0.6 is 0 Å². The van der Waals surface area contributed by atoms with Gasteiger partial charge in [-0.05, 0) is 0 Å². The summed E-state index contributed by atoms with van der Waals surface area (Å²) in [7, 11) is 0. The fraction of sp³-hybridized carbons (Fsp3) is 0. The maximum atomic E-state index is 8.50. The summed E-state index contributed by atoms with van der Waals surface area (Å²) in [6.45, 7) is 0. The third kappa shape index (κ3) is 398. The molecule has 11 heteroatoms. The molecule has 0 aliphatic heterocycles. The summed E-state index contributed by atoms with van der Waals surface area (Å²) in [5.74, 6) is 0. The second kappa shape index (κ2) is 485. The van der Waals surface area contributed by atoms with Crippen LogP contribution in [0.3, 0.4) is 0 Å². The maximum absolute atomic E-state index is 8.50. The normalized spacial score (nSPS) is 1.36. The summed E-state index contributed by atoms with van der Waals surface area (Å²) >= 11 is 0.750. The Bertz CT molecular complexity index is 22.8. The van der Waals surface area contributed by atoms with Gasteiger partial charge in [0.1, 0.15) is 0 Å². The zero-order valence-corrected chi connectivity index (χ0v) is 9.88. The molecule has 0 fully saturated rings. The fourth-order valence-corrected chi connectivity index (χ4v) is 0. The van der Waals surface area contributed by atoms with Crippen LogP contribution in [0.15, 0.2) is 0 Å². The summed E-state index contributed by atoms with van der Waals surface area (Å²) < 4.78 is 25.2. The molecule has 2 N–H and O–H groups in total. The van der Waals surface area contributed by atoms with Gasteiger partial charge < -0.3 is 1.43 Å². The number of rotatable bonds is 0. The first-order valence-corrected chi connectivity index (χ1v) is 1.18. The third-order valence-corrected chi connectivity index (χ3v) is 0. The van der Waals surface area contributed by atoms with E-state index in [1.54, 1.807) is 0 Å². The van der Waals surface area contributed by atoms with E-state index < -0.39 is 0 Å². The first kappa shape index (κ1) is 79.4. The Kier molecular flexibility index (Phi) is 3500. The number of halogens is 6. The van der Waals surface area contributed by atoms with Crippen LogP contribution in [0.5, 0.6) is 0 Å². The van der Waals surface area contributed by atoms with Crippen molar-refractivity contribution in [2.45, 2.75) is 0 Å². The van der Waals surface area contributed by atoms with Gasteiger partial charge in [-0.25, -0.2) is 10.6 Å². The summed E-state index contributed by atoms with van der Waals surface area (Å²) in [6, 6.07) is 0. The average molecular weight is 256 g/mol. The molecule has 0 unspecified atom stereocenters. The van der Waals surface area contributed by atoms with Crippen molar-refractivity contribution in [1.29, 1.82) is 0 Å².